The topological polar surface area (TPSA) is 41.5 Å². The second-order valence-corrected chi connectivity index (χ2v) is 5.79. The van der Waals surface area contributed by atoms with Crippen molar-refractivity contribution in [2.45, 2.75) is 51.9 Å². The van der Waals surface area contributed by atoms with Gasteiger partial charge in [-0.3, -0.25) is 0 Å². The van der Waals surface area contributed by atoms with E-state index in [9.17, 15) is 5.11 Å². The predicted molar refractivity (Wildman–Crippen MR) is 77.4 cm³/mol. The van der Waals surface area contributed by atoms with Crippen molar-refractivity contribution in [3.05, 3.63) is 29.8 Å². The Kier molecular flexibility index (Phi) is 4.83. The molecule has 1 saturated carbocycles. The van der Waals surface area contributed by atoms with E-state index in [4.69, 9.17) is 4.74 Å². The minimum Gasteiger partial charge on any atom is -0.491 e. The Bertz CT molecular complexity index is 384. The summed E-state index contributed by atoms with van der Waals surface area (Å²) in [6.07, 6.45) is 2.38. The highest BCUT2D eigenvalue weighted by atomic mass is 16.5. The van der Waals surface area contributed by atoms with Gasteiger partial charge in [-0.15, -0.1) is 0 Å². The maximum atomic E-state index is 10.1. The molecule has 2 N–H and O–H groups in total. The molecule has 0 saturated heterocycles. The Balaban J connectivity index is 1.82. The molecule has 1 fully saturated rings. The molecule has 3 nitrogen and oxygen atoms in total. The standard InChI is InChI=1S/C16H25NO2/c1-11(2)19-15-8-6-14(7-9-15)16(18)10-17-12(3)13-4-5-13/h6-9,11-13,16-18H,4-5,10H2,1-3H3. The third kappa shape index (κ3) is 4.51. The zero-order valence-corrected chi connectivity index (χ0v) is 12.1. The predicted octanol–water partition coefficient (Wildman–Crippen LogP) is 2.90. The number of rotatable bonds is 7. The third-order valence-corrected chi connectivity index (χ3v) is 3.60. The first-order valence-electron chi connectivity index (χ1n) is 7.24. The zero-order valence-electron chi connectivity index (χ0n) is 12.1. The van der Waals surface area contributed by atoms with Crippen molar-refractivity contribution in [1.29, 1.82) is 0 Å². The minimum atomic E-state index is -0.450. The molecule has 0 aliphatic heterocycles. The lowest BCUT2D eigenvalue weighted by atomic mass is 10.1. The summed E-state index contributed by atoms with van der Waals surface area (Å²) in [5.74, 6) is 1.67. The molecular formula is C16H25NO2. The van der Waals surface area contributed by atoms with Gasteiger partial charge in [-0.05, 0) is 57.2 Å². The van der Waals surface area contributed by atoms with Crippen LogP contribution < -0.4 is 10.1 Å². The fourth-order valence-corrected chi connectivity index (χ4v) is 2.22. The normalized spacial score (nSPS) is 18.4. The van der Waals surface area contributed by atoms with Crippen molar-refractivity contribution >= 4 is 0 Å². The molecule has 3 heteroatoms. The van der Waals surface area contributed by atoms with Crippen molar-refractivity contribution in [2.24, 2.45) is 5.92 Å². The van der Waals surface area contributed by atoms with E-state index in [1.54, 1.807) is 0 Å². The fourth-order valence-electron chi connectivity index (χ4n) is 2.22. The molecule has 2 unspecified atom stereocenters. The van der Waals surface area contributed by atoms with Gasteiger partial charge in [0, 0.05) is 12.6 Å². The van der Waals surface area contributed by atoms with Crippen LogP contribution in [0.2, 0.25) is 0 Å². The lowest BCUT2D eigenvalue weighted by Gasteiger charge is -2.17. The maximum Gasteiger partial charge on any atom is 0.119 e. The highest BCUT2D eigenvalue weighted by Gasteiger charge is 2.27. The van der Waals surface area contributed by atoms with Crippen LogP contribution in [-0.4, -0.2) is 23.8 Å². The van der Waals surface area contributed by atoms with Crippen molar-refractivity contribution in [1.82, 2.24) is 5.32 Å². The van der Waals surface area contributed by atoms with E-state index in [1.165, 1.54) is 12.8 Å². The Morgan fingerprint density at radius 2 is 1.84 bits per heavy atom. The van der Waals surface area contributed by atoms with Gasteiger partial charge < -0.3 is 15.2 Å². The summed E-state index contributed by atoms with van der Waals surface area (Å²) in [4.78, 5) is 0. The van der Waals surface area contributed by atoms with Gasteiger partial charge >= 0.3 is 0 Å². The van der Waals surface area contributed by atoms with Crippen molar-refractivity contribution in [3.63, 3.8) is 0 Å². The Hall–Kier alpha value is -1.06. The molecular weight excluding hydrogens is 238 g/mol. The summed E-state index contributed by atoms with van der Waals surface area (Å²) < 4.78 is 5.59. The average molecular weight is 263 g/mol. The van der Waals surface area contributed by atoms with E-state index < -0.39 is 6.10 Å². The smallest absolute Gasteiger partial charge is 0.119 e. The number of benzene rings is 1. The van der Waals surface area contributed by atoms with E-state index in [0.29, 0.717) is 12.6 Å². The lowest BCUT2D eigenvalue weighted by Crippen LogP contribution is -2.31. The van der Waals surface area contributed by atoms with Crippen molar-refractivity contribution < 1.29 is 9.84 Å². The van der Waals surface area contributed by atoms with E-state index in [1.807, 2.05) is 38.1 Å². The minimum absolute atomic E-state index is 0.178. The molecule has 19 heavy (non-hydrogen) atoms. The second-order valence-electron chi connectivity index (χ2n) is 5.79. The van der Waals surface area contributed by atoms with Gasteiger partial charge in [0.05, 0.1) is 12.2 Å². The number of hydrogen-bond donors (Lipinski definition) is 2. The molecule has 2 atom stereocenters. The SMILES string of the molecule is CC(C)Oc1ccc(C(O)CNC(C)C2CC2)cc1. The quantitative estimate of drug-likeness (QED) is 0.795. The molecule has 1 aliphatic carbocycles. The third-order valence-electron chi connectivity index (χ3n) is 3.60. The van der Waals surface area contributed by atoms with Crippen LogP contribution in [0.1, 0.15) is 45.3 Å². The molecule has 0 amide bonds. The molecule has 0 aromatic heterocycles. The van der Waals surface area contributed by atoms with E-state index in [2.05, 4.69) is 12.2 Å². The number of hydrogen-bond acceptors (Lipinski definition) is 3. The van der Waals surface area contributed by atoms with Crippen LogP contribution in [0.15, 0.2) is 24.3 Å². The van der Waals surface area contributed by atoms with Gasteiger partial charge in [-0.25, -0.2) is 0 Å². The zero-order chi connectivity index (χ0) is 13.8. The average Bonchev–Trinajstić information content (AvgIpc) is 3.20. The Morgan fingerprint density at radius 3 is 2.37 bits per heavy atom. The van der Waals surface area contributed by atoms with Crippen LogP contribution in [0.4, 0.5) is 0 Å². The summed E-state index contributed by atoms with van der Waals surface area (Å²) in [5, 5.41) is 13.5. The van der Waals surface area contributed by atoms with Gasteiger partial charge in [-0.2, -0.15) is 0 Å². The monoisotopic (exact) mass is 263 g/mol. The van der Waals surface area contributed by atoms with E-state index in [-0.39, 0.29) is 6.10 Å². The molecule has 1 aliphatic rings. The highest BCUT2D eigenvalue weighted by Crippen LogP contribution is 2.32. The van der Waals surface area contributed by atoms with Crippen LogP contribution in [-0.2, 0) is 0 Å². The summed E-state index contributed by atoms with van der Waals surface area (Å²) in [6.45, 7) is 6.82. The van der Waals surface area contributed by atoms with Gasteiger partial charge in [-0.1, -0.05) is 12.1 Å². The van der Waals surface area contributed by atoms with Crippen LogP contribution >= 0.6 is 0 Å². The van der Waals surface area contributed by atoms with E-state index >= 15 is 0 Å². The molecule has 1 aromatic rings. The first kappa shape index (κ1) is 14.4. The van der Waals surface area contributed by atoms with Gasteiger partial charge in [0.15, 0.2) is 0 Å². The number of nitrogens with one attached hydrogen (secondary N) is 1. The maximum absolute atomic E-state index is 10.1. The van der Waals surface area contributed by atoms with Gasteiger partial charge in [0.25, 0.3) is 0 Å². The van der Waals surface area contributed by atoms with Gasteiger partial charge in [0.2, 0.25) is 0 Å². The summed E-state index contributed by atoms with van der Waals surface area (Å²) in [5.41, 5.74) is 0.937. The fraction of sp³-hybridized carbons (Fsp3) is 0.625. The number of ether oxygens (including phenoxy) is 1. The first-order valence-corrected chi connectivity index (χ1v) is 7.24. The highest BCUT2D eigenvalue weighted by molar-refractivity contribution is 5.28. The Morgan fingerprint density at radius 1 is 1.21 bits per heavy atom. The molecule has 106 valence electrons. The molecule has 0 spiro atoms. The van der Waals surface area contributed by atoms with Crippen LogP contribution in [0, 0.1) is 5.92 Å². The van der Waals surface area contributed by atoms with Crippen LogP contribution in [0.25, 0.3) is 0 Å². The van der Waals surface area contributed by atoms with Crippen LogP contribution in [0.5, 0.6) is 5.75 Å². The lowest BCUT2D eigenvalue weighted by molar-refractivity contribution is 0.169. The molecule has 0 heterocycles. The summed E-state index contributed by atoms with van der Waals surface area (Å²) in [6, 6.07) is 8.22. The molecule has 0 radical (unpaired) electrons. The van der Waals surface area contributed by atoms with Gasteiger partial charge in [0.1, 0.15) is 5.75 Å². The summed E-state index contributed by atoms with van der Waals surface area (Å²) >= 11 is 0. The van der Waals surface area contributed by atoms with Crippen LogP contribution in [0.3, 0.4) is 0 Å². The summed E-state index contributed by atoms with van der Waals surface area (Å²) in [7, 11) is 0. The molecule has 1 aromatic carbocycles. The van der Waals surface area contributed by atoms with Crippen molar-refractivity contribution in [2.75, 3.05) is 6.54 Å². The molecule has 2 rings (SSSR count). The number of aliphatic hydroxyl groups excluding tert-OH is 1. The van der Waals surface area contributed by atoms with E-state index in [0.717, 1.165) is 17.2 Å². The molecule has 0 bridgehead atoms. The van der Waals surface area contributed by atoms with Crippen molar-refractivity contribution in [3.8, 4) is 5.75 Å². The Labute approximate surface area is 116 Å². The number of aliphatic hydroxyl groups is 1. The second kappa shape index (κ2) is 6.40. The largest absolute Gasteiger partial charge is 0.491 e. The first-order chi connectivity index (χ1) is 9.06.